The maximum atomic E-state index is 12.0. The monoisotopic (exact) mass is 290 g/mol. The summed E-state index contributed by atoms with van der Waals surface area (Å²) >= 11 is 1.59. The third-order valence-electron chi connectivity index (χ3n) is 2.95. The number of aryl methyl sites for hydroxylation is 2. The molecule has 2 aromatic heterocycles. The zero-order valence-corrected chi connectivity index (χ0v) is 12.0. The first-order valence-electron chi connectivity index (χ1n) is 6.00. The number of aromatic carboxylic acids is 1. The summed E-state index contributed by atoms with van der Waals surface area (Å²) in [6, 6.07) is 2.82. The molecule has 0 bridgehead atoms. The Labute approximate surface area is 120 Å². The van der Waals surface area contributed by atoms with E-state index in [1.54, 1.807) is 18.3 Å². The van der Waals surface area contributed by atoms with Crippen LogP contribution in [0.2, 0.25) is 0 Å². The number of nitrogens with one attached hydrogen (secondary N) is 1. The lowest BCUT2D eigenvalue weighted by Gasteiger charge is -2.06. The van der Waals surface area contributed by atoms with Gasteiger partial charge in [-0.2, -0.15) is 11.3 Å². The van der Waals surface area contributed by atoms with E-state index < -0.39 is 5.97 Å². The fraction of sp³-hybridized carbons (Fsp3) is 0.214. The second-order valence-electron chi connectivity index (χ2n) is 4.40. The predicted molar refractivity (Wildman–Crippen MR) is 76.2 cm³/mol. The molecule has 5 nitrogen and oxygen atoms in total. The van der Waals surface area contributed by atoms with Crippen molar-refractivity contribution in [2.45, 2.75) is 20.4 Å². The molecule has 0 unspecified atom stereocenters. The molecule has 0 radical (unpaired) electrons. The highest BCUT2D eigenvalue weighted by atomic mass is 32.1. The first kappa shape index (κ1) is 14.2. The second-order valence-corrected chi connectivity index (χ2v) is 5.14. The molecule has 0 aliphatic heterocycles. The Morgan fingerprint density at radius 1 is 1.30 bits per heavy atom. The van der Waals surface area contributed by atoms with Gasteiger partial charge in [0, 0.05) is 6.54 Å². The van der Waals surface area contributed by atoms with Crippen LogP contribution in [-0.2, 0) is 6.54 Å². The van der Waals surface area contributed by atoms with Gasteiger partial charge in [-0.25, -0.2) is 9.78 Å². The Morgan fingerprint density at radius 3 is 2.60 bits per heavy atom. The van der Waals surface area contributed by atoms with Crippen LogP contribution in [0.1, 0.15) is 37.7 Å². The van der Waals surface area contributed by atoms with Crippen LogP contribution in [0, 0.1) is 13.8 Å². The number of pyridine rings is 1. The van der Waals surface area contributed by atoms with E-state index in [2.05, 4.69) is 10.3 Å². The smallest absolute Gasteiger partial charge is 0.337 e. The van der Waals surface area contributed by atoms with E-state index in [-0.39, 0.29) is 17.2 Å². The number of hydrogen-bond donors (Lipinski definition) is 2. The first-order chi connectivity index (χ1) is 9.49. The minimum atomic E-state index is -1.05. The van der Waals surface area contributed by atoms with Crippen molar-refractivity contribution >= 4 is 23.2 Å². The predicted octanol–water partition coefficient (Wildman–Crippen LogP) is 2.39. The number of carboxylic acids is 1. The van der Waals surface area contributed by atoms with Gasteiger partial charge in [-0.05, 0) is 47.9 Å². The van der Waals surface area contributed by atoms with E-state index in [9.17, 15) is 9.59 Å². The van der Waals surface area contributed by atoms with Crippen molar-refractivity contribution in [2.24, 2.45) is 0 Å². The minimum absolute atomic E-state index is 0.107. The van der Waals surface area contributed by atoms with Gasteiger partial charge in [0.25, 0.3) is 5.91 Å². The van der Waals surface area contributed by atoms with Gasteiger partial charge >= 0.3 is 5.97 Å². The molecule has 2 rings (SSSR count). The fourth-order valence-electron chi connectivity index (χ4n) is 1.75. The molecule has 104 valence electrons. The number of nitrogens with zero attached hydrogens (tertiary/aromatic N) is 1. The summed E-state index contributed by atoms with van der Waals surface area (Å²) in [5, 5.41) is 15.7. The number of carbonyl (C=O) groups is 2. The van der Waals surface area contributed by atoms with Gasteiger partial charge in [-0.3, -0.25) is 4.79 Å². The highest BCUT2D eigenvalue weighted by Crippen LogP contribution is 2.13. The summed E-state index contributed by atoms with van der Waals surface area (Å²) < 4.78 is 0. The number of carboxylic acid groups (broad SMARTS) is 1. The first-order valence-corrected chi connectivity index (χ1v) is 6.94. The topological polar surface area (TPSA) is 79.3 Å². The molecule has 0 saturated carbocycles. The van der Waals surface area contributed by atoms with E-state index in [1.807, 2.05) is 17.7 Å². The van der Waals surface area contributed by atoms with Crippen molar-refractivity contribution in [3.8, 4) is 0 Å². The molecule has 0 spiro atoms. The van der Waals surface area contributed by atoms with Crippen molar-refractivity contribution < 1.29 is 14.7 Å². The lowest BCUT2D eigenvalue weighted by Crippen LogP contribution is -2.24. The Kier molecular flexibility index (Phi) is 4.14. The van der Waals surface area contributed by atoms with Crippen LogP contribution in [0.4, 0.5) is 0 Å². The van der Waals surface area contributed by atoms with Crippen molar-refractivity contribution in [3.05, 3.63) is 51.0 Å². The van der Waals surface area contributed by atoms with Gasteiger partial charge in [0.2, 0.25) is 0 Å². The van der Waals surface area contributed by atoms with Crippen LogP contribution in [0.3, 0.4) is 0 Å². The van der Waals surface area contributed by atoms with Crippen LogP contribution in [0.5, 0.6) is 0 Å². The zero-order chi connectivity index (χ0) is 14.7. The van der Waals surface area contributed by atoms with Crippen molar-refractivity contribution in [1.29, 1.82) is 0 Å². The molecule has 2 heterocycles. The molecule has 0 aliphatic rings. The number of thiophene rings is 1. The van der Waals surface area contributed by atoms with Crippen molar-refractivity contribution in [2.75, 3.05) is 0 Å². The summed E-state index contributed by atoms with van der Waals surface area (Å²) in [6.07, 6.45) is 0. The molecule has 1 amide bonds. The Morgan fingerprint density at radius 2 is 2.05 bits per heavy atom. The van der Waals surface area contributed by atoms with Gasteiger partial charge in [0.15, 0.2) is 0 Å². The lowest BCUT2D eigenvalue weighted by molar-refractivity contribution is 0.0694. The Hall–Kier alpha value is -2.21. The number of amides is 1. The van der Waals surface area contributed by atoms with E-state index >= 15 is 0 Å². The summed E-state index contributed by atoms with van der Waals surface area (Å²) in [5.74, 6) is -1.36. The highest BCUT2D eigenvalue weighted by Gasteiger charge is 2.13. The van der Waals surface area contributed by atoms with Crippen LogP contribution in [0.25, 0.3) is 0 Å². The Balaban J connectivity index is 2.08. The van der Waals surface area contributed by atoms with Gasteiger partial charge in [0.05, 0.1) is 11.3 Å². The molecule has 0 saturated heterocycles. The van der Waals surface area contributed by atoms with Gasteiger partial charge in [-0.1, -0.05) is 0 Å². The number of rotatable bonds is 4. The van der Waals surface area contributed by atoms with Gasteiger partial charge < -0.3 is 10.4 Å². The molecule has 0 aliphatic carbocycles. The molecular weight excluding hydrogens is 276 g/mol. The lowest BCUT2D eigenvalue weighted by atomic mass is 10.2. The average Bonchev–Trinajstić information content (AvgIpc) is 2.81. The molecule has 6 heteroatoms. The summed E-state index contributed by atoms with van der Waals surface area (Å²) in [7, 11) is 0. The summed E-state index contributed by atoms with van der Waals surface area (Å²) in [5.41, 5.74) is 2.87. The van der Waals surface area contributed by atoms with Crippen molar-refractivity contribution in [3.63, 3.8) is 0 Å². The van der Waals surface area contributed by atoms with Crippen LogP contribution in [-0.4, -0.2) is 22.0 Å². The maximum Gasteiger partial charge on any atom is 0.337 e. The second kappa shape index (κ2) is 5.83. The van der Waals surface area contributed by atoms with E-state index in [0.717, 1.165) is 11.1 Å². The molecule has 20 heavy (non-hydrogen) atoms. The normalized spacial score (nSPS) is 10.3. The van der Waals surface area contributed by atoms with Crippen LogP contribution in [0.15, 0.2) is 22.9 Å². The number of aromatic nitrogens is 1. The quantitative estimate of drug-likeness (QED) is 0.906. The van der Waals surface area contributed by atoms with Gasteiger partial charge in [-0.15, -0.1) is 0 Å². The zero-order valence-electron chi connectivity index (χ0n) is 11.1. The van der Waals surface area contributed by atoms with E-state index in [4.69, 9.17) is 5.11 Å². The Bertz CT molecular complexity index is 664. The van der Waals surface area contributed by atoms with E-state index in [1.165, 1.54) is 12.1 Å². The van der Waals surface area contributed by atoms with Crippen LogP contribution >= 0.6 is 11.3 Å². The third-order valence-corrected chi connectivity index (χ3v) is 3.86. The minimum Gasteiger partial charge on any atom is -0.478 e. The SMILES string of the molecule is Cc1cscc1CNC(=O)c1ccc(C(=O)O)c(C)n1. The highest BCUT2D eigenvalue weighted by molar-refractivity contribution is 7.08. The summed E-state index contributed by atoms with van der Waals surface area (Å²) in [4.78, 5) is 26.9. The fourth-order valence-corrected chi connectivity index (χ4v) is 2.60. The largest absolute Gasteiger partial charge is 0.478 e. The number of carbonyl (C=O) groups excluding carboxylic acids is 1. The maximum absolute atomic E-state index is 12.0. The molecule has 2 N–H and O–H groups in total. The molecule has 0 fully saturated rings. The van der Waals surface area contributed by atoms with Crippen LogP contribution < -0.4 is 5.32 Å². The van der Waals surface area contributed by atoms with Crippen molar-refractivity contribution in [1.82, 2.24) is 10.3 Å². The third kappa shape index (κ3) is 3.03. The molecular formula is C14H14N2O3S. The molecule has 0 aromatic carbocycles. The standard InChI is InChI=1S/C14H14N2O3S/c1-8-6-20-7-10(8)5-15-13(17)12-4-3-11(14(18)19)9(2)16-12/h3-4,6-7H,5H2,1-2H3,(H,15,17)(H,18,19). The number of hydrogen-bond acceptors (Lipinski definition) is 4. The average molecular weight is 290 g/mol. The summed E-state index contributed by atoms with van der Waals surface area (Å²) in [6.45, 7) is 4.00. The molecule has 2 aromatic rings. The van der Waals surface area contributed by atoms with Gasteiger partial charge in [0.1, 0.15) is 5.69 Å². The van der Waals surface area contributed by atoms with E-state index in [0.29, 0.717) is 12.2 Å². The molecule has 0 atom stereocenters.